The largest absolute Gasteiger partial charge is 0.362 e. The maximum atomic E-state index is 5.70. The summed E-state index contributed by atoms with van der Waals surface area (Å²) in [6.07, 6.45) is 2.29. The molecule has 0 radical (unpaired) electrons. The van der Waals surface area contributed by atoms with Crippen LogP contribution < -0.4 is 10.0 Å². The predicted octanol–water partition coefficient (Wildman–Crippen LogP) is 3.02. The number of hydrogen-bond acceptors (Lipinski definition) is 4. The number of rotatable bonds is 5. The van der Waals surface area contributed by atoms with Gasteiger partial charge in [0, 0.05) is 18.2 Å². The summed E-state index contributed by atoms with van der Waals surface area (Å²) in [4.78, 5) is 0. The summed E-state index contributed by atoms with van der Waals surface area (Å²) >= 11 is 4.08. The summed E-state index contributed by atoms with van der Waals surface area (Å²) in [6, 6.07) is 8.55. The molecule has 0 saturated carbocycles. The first-order valence-corrected chi connectivity index (χ1v) is 7.09. The van der Waals surface area contributed by atoms with Crippen molar-refractivity contribution in [2.24, 2.45) is 5.92 Å². The van der Waals surface area contributed by atoms with E-state index in [9.17, 15) is 0 Å². The number of thiol groups is 1. The van der Waals surface area contributed by atoms with E-state index in [1.54, 1.807) is 0 Å². The minimum atomic E-state index is 0.475. The molecule has 0 bridgehead atoms. The number of hydrogen-bond donors (Lipinski definition) is 3. The van der Waals surface area contributed by atoms with Gasteiger partial charge in [-0.05, 0) is 24.0 Å². The summed E-state index contributed by atoms with van der Waals surface area (Å²) in [6.45, 7) is 4.60. The topological polar surface area (TPSA) is 33.3 Å². The minimum absolute atomic E-state index is 0.475. The number of ether oxygens (including phenoxy) is 1. The van der Waals surface area contributed by atoms with Gasteiger partial charge in [0.15, 0.2) is 0 Å². The minimum Gasteiger partial charge on any atom is -0.362 e. The number of benzene rings is 1. The zero-order valence-electron chi connectivity index (χ0n) is 10.9. The molecule has 4 heteroatoms. The third-order valence-electron chi connectivity index (χ3n) is 3.74. The number of fused-ring (bicyclic) bond motifs is 1. The van der Waals surface area contributed by atoms with Crippen LogP contribution in [0.1, 0.15) is 31.2 Å². The van der Waals surface area contributed by atoms with Crippen molar-refractivity contribution in [1.29, 1.82) is 0 Å². The zero-order chi connectivity index (χ0) is 12.8. The Balaban J connectivity index is 2.20. The van der Waals surface area contributed by atoms with Crippen LogP contribution in [-0.2, 0) is 4.74 Å². The molecule has 0 fully saturated rings. The van der Waals surface area contributed by atoms with Gasteiger partial charge in [0.2, 0.25) is 0 Å². The van der Waals surface area contributed by atoms with Crippen LogP contribution in [0.5, 0.6) is 0 Å². The third-order valence-corrected chi connectivity index (χ3v) is 3.97. The Morgan fingerprint density at radius 1 is 1.50 bits per heavy atom. The van der Waals surface area contributed by atoms with Crippen molar-refractivity contribution in [3.63, 3.8) is 0 Å². The van der Waals surface area contributed by atoms with Crippen molar-refractivity contribution in [3.8, 4) is 0 Å². The lowest BCUT2D eigenvalue weighted by molar-refractivity contribution is 0.121. The molecule has 0 amide bonds. The fraction of sp³-hybridized carbons (Fsp3) is 0.571. The molecule has 18 heavy (non-hydrogen) atoms. The Kier molecular flexibility index (Phi) is 5.35. The first-order valence-electron chi connectivity index (χ1n) is 6.64. The Labute approximate surface area is 115 Å². The van der Waals surface area contributed by atoms with Gasteiger partial charge in [-0.25, -0.2) is 0 Å². The van der Waals surface area contributed by atoms with Gasteiger partial charge in [-0.1, -0.05) is 44.4 Å². The maximum absolute atomic E-state index is 5.70. The highest BCUT2D eigenvalue weighted by molar-refractivity contribution is 7.78. The lowest BCUT2D eigenvalue weighted by atomic mass is 9.82. The van der Waals surface area contributed by atoms with E-state index >= 15 is 0 Å². The average molecular weight is 266 g/mol. The van der Waals surface area contributed by atoms with Gasteiger partial charge in [-0.15, -0.1) is 0 Å². The first kappa shape index (κ1) is 13.7. The first-order chi connectivity index (χ1) is 8.86. The van der Waals surface area contributed by atoms with Crippen LogP contribution in [0, 0.1) is 5.92 Å². The van der Waals surface area contributed by atoms with Crippen molar-refractivity contribution in [1.82, 2.24) is 4.72 Å². The van der Waals surface area contributed by atoms with E-state index in [1.165, 1.54) is 11.3 Å². The molecule has 1 aliphatic heterocycles. The monoisotopic (exact) mass is 266 g/mol. The van der Waals surface area contributed by atoms with Crippen LogP contribution in [0.4, 0.5) is 5.69 Å². The molecule has 2 N–H and O–H groups in total. The number of anilines is 1. The highest BCUT2D eigenvalue weighted by atomic mass is 32.1. The normalized spacial score (nSPS) is 20.7. The molecular weight excluding hydrogens is 244 g/mol. The average Bonchev–Trinajstić information content (AvgIpc) is 2.63. The van der Waals surface area contributed by atoms with Gasteiger partial charge in [-0.2, -0.15) is 0 Å². The van der Waals surface area contributed by atoms with Gasteiger partial charge >= 0.3 is 0 Å². The quantitative estimate of drug-likeness (QED) is 0.717. The second-order valence-corrected chi connectivity index (χ2v) is 5.07. The summed E-state index contributed by atoms with van der Waals surface area (Å²) in [7, 11) is 0. The summed E-state index contributed by atoms with van der Waals surface area (Å²) < 4.78 is 8.65. The highest BCUT2D eigenvalue weighted by Crippen LogP contribution is 2.35. The molecule has 1 heterocycles. The van der Waals surface area contributed by atoms with E-state index in [-0.39, 0.29) is 0 Å². The zero-order valence-corrected chi connectivity index (χ0v) is 11.7. The van der Waals surface area contributed by atoms with Crippen LogP contribution in [0.2, 0.25) is 0 Å². The van der Waals surface area contributed by atoms with E-state index in [1.807, 2.05) is 0 Å². The fourth-order valence-electron chi connectivity index (χ4n) is 2.72. The summed E-state index contributed by atoms with van der Waals surface area (Å²) in [5.41, 5.74) is 2.61. The Morgan fingerprint density at radius 2 is 2.33 bits per heavy atom. The lowest BCUT2D eigenvalue weighted by Gasteiger charge is -2.25. The van der Waals surface area contributed by atoms with Crippen molar-refractivity contribution in [2.45, 2.75) is 25.7 Å². The molecule has 1 aliphatic rings. The lowest BCUT2D eigenvalue weighted by Crippen LogP contribution is -2.20. The van der Waals surface area contributed by atoms with E-state index in [4.69, 9.17) is 4.74 Å². The van der Waals surface area contributed by atoms with E-state index in [0.29, 0.717) is 18.6 Å². The number of para-hydroxylation sites is 1. The molecule has 100 valence electrons. The number of nitrogens with one attached hydrogen (secondary N) is 2. The molecule has 0 aliphatic carbocycles. The summed E-state index contributed by atoms with van der Waals surface area (Å²) in [5, 5.41) is 3.34. The Hall–Kier alpha value is -0.710. The molecule has 0 aromatic heterocycles. The molecule has 1 aromatic carbocycles. The van der Waals surface area contributed by atoms with Gasteiger partial charge in [0.1, 0.15) is 6.73 Å². The standard InChI is InChI=1S/C14H22N2OS/c1-2-11(7-8-16-18)13-9-17-10-15-14-6-4-3-5-12(13)14/h3-6,11,13,15-16,18H,2,7-10H2,1H3. The third kappa shape index (κ3) is 3.19. The van der Waals surface area contributed by atoms with Crippen LogP contribution in [0.25, 0.3) is 0 Å². The second-order valence-electron chi connectivity index (χ2n) is 4.75. The molecule has 0 saturated heterocycles. The smallest absolute Gasteiger partial charge is 0.116 e. The highest BCUT2D eigenvalue weighted by Gasteiger charge is 2.25. The Bertz CT molecular complexity index is 373. The predicted molar refractivity (Wildman–Crippen MR) is 79.0 cm³/mol. The molecule has 0 spiro atoms. The van der Waals surface area contributed by atoms with Crippen molar-refractivity contribution in [2.75, 3.05) is 25.2 Å². The molecule has 1 aromatic rings. The molecule has 2 atom stereocenters. The van der Waals surface area contributed by atoms with Crippen molar-refractivity contribution >= 4 is 18.5 Å². The second kappa shape index (κ2) is 7.02. The molecule has 3 nitrogen and oxygen atoms in total. The van der Waals surface area contributed by atoms with Gasteiger partial charge in [-0.3, -0.25) is 4.72 Å². The van der Waals surface area contributed by atoms with Crippen molar-refractivity contribution in [3.05, 3.63) is 29.8 Å². The summed E-state index contributed by atoms with van der Waals surface area (Å²) in [5.74, 6) is 1.11. The van der Waals surface area contributed by atoms with Crippen LogP contribution in [0.3, 0.4) is 0 Å². The SMILES string of the molecule is CCC(CCNS)C1COCNc2ccccc21. The maximum Gasteiger partial charge on any atom is 0.116 e. The van der Waals surface area contributed by atoms with E-state index in [0.717, 1.165) is 26.0 Å². The van der Waals surface area contributed by atoms with Gasteiger partial charge in [0.25, 0.3) is 0 Å². The molecule has 2 rings (SSSR count). The molecular formula is C14H22N2OS. The van der Waals surface area contributed by atoms with Gasteiger partial charge in [0.05, 0.1) is 6.61 Å². The van der Waals surface area contributed by atoms with Crippen LogP contribution in [-0.4, -0.2) is 19.9 Å². The van der Waals surface area contributed by atoms with Crippen LogP contribution >= 0.6 is 12.8 Å². The van der Waals surface area contributed by atoms with E-state index < -0.39 is 0 Å². The molecule has 2 unspecified atom stereocenters. The fourth-order valence-corrected chi connectivity index (χ4v) is 2.84. The van der Waals surface area contributed by atoms with E-state index in [2.05, 4.69) is 54.0 Å². The Morgan fingerprint density at radius 3 is 3.11 bits per heavy atom. The van der Waals surface area contributed by atoms with Crippen LogP contribution in [0.15, 0.2) is 24.3 Å². The van der Waals surface area contributed by atoms with Crippen molar-refractivity contribution < 1.29 is 4.74 Å². The van der Waals surface area contributed by atoms with Gasteiger partial charge < -0.3 is 10.1 Å².